The summed E-state index contributed by atoms with van der Waals surface area (Å²) in [5, 5.41) is -0.646. The molecular weight excluding hydrogens is 375 g/mol. The molecule has 0 radical (unpaired) electrons. The van der Waals surface area contributed by atoms with Crippen LogP contribution in [0.1, 0.15) is 11.1 Å². The van der Waals surface area contributed by atoms with Crippen LogP contribution in [0.4, 0.5) is 11.4 Å². The fourth-order valence-corrected chi connectivity index (χ4v) is 3.02. The number of carbonyl (C=O) groups excluding carboxylic acids is 2. The van der Waals surface area contributed by atoms with E-state index in [1.807, 2.05) is 26.0 Å². The van der Waals surface area contributed by atoms with Gasteiger partial charge in [-0.3, -0.25) is 9.59 Å². The first-order valence-corrected chi connectivity index (χ1v) is 8.66. The number of aryl methyl sites for hydroxylation is 2. The average Bonchev–Trinajstić information content (AvgIpc) is 2.82. The number of alkyl halides is 1. The van der Waals surface area contributed by atoms with Gasteiger partial charge in [0, 0.05) is 11.1 Å². The van der Waals surface area contributed by atoms with Crippen molar-refractivity contribution in [2.45, 2.75) is 19.2 Å². The highest BCUT2D eigenvalue weighted by Gasteiger charge is 2.44. The molecule has 1 atom stereocenters. The third kappa shape index (κ3) is 3.20. The van der Waals surface area contributed by atoms with Crippen molar-refractivity contribution in [2.24, 2.45) is 4.99 Å². The number of imide groups is 1. The topological polar surface area (TPSA) is 59.0 Å². The Balaban J connectivity index is 2.05. The van der Waals surface area contributed by atoms with Crippen molar-refractivity contribution in [3.8, 4) is 5.75 Å². The van der Waals surface area contributed by atoms with Crippen molar-refractivity contribution in [2.75, 3.05) is 12.0 Å². The highest BCUT2D eigenvalue weighted by molar-refractivity contribution is 6.68. The van der Waals surface area contributed by atoms with Gasteiger partial charge >= 0.3 is 0 Å². The lowest BCUT2D eigenvalue weighted by Crippen LogP contribution is -2.31. The van der Waals surface area contributed by atoms with Crippen molar-refractivity contribution in [3.05, 3.63) is 52.5 Å². The largest absolute Gasteiger partial charge is 0.494 e. The Morgan fingerprint density at radius 2 is 1.77 bits per heavy atom. The van der Waals surface area contributed by atoms with E-state index in [9.17, 15) is 9.59 Å². The maximum Gasteiger partial charge on any atom is 0.281 e. The highest BCUT2D eigenvalue weighted by Crippen LogP contribution is 2.35. The number of nitrogens with zero attached hydrogens (tertiary/aromatic N) is 2. The number of aliphatic imine (C=N–C) groups is 1. The van der Waals surface area contributed by atoms with E-state index < -0.39 is 17.2 Å². The minimum Gasteiger partial charge on any atom is -0.494 e. The zero-order valence-electron chi connectivity index (χ0n) is 14.4. The first-order chi connectivity index (χ1) is 12.3. The number of methoxy groups -OCH3 is 1. The second-order valence-corrected chi connectivity index (χ2v) is 6.79. The van der Waals surface area contributed by atoms with Crippen LogP contribution in [0.2, 0.25) is 5.02 Å². The van der Waals surface area contributed by atoms with Crippen LogP contribution in [0.3, 0.4) is 0 Å². The van der Waals surface area contributed by atoms with Crippen LogP contribution >= 0.6 is 23.2 Å². The number of ether oxygens (including phenoxy) is 1. The molecule has 1 fully saturated rings. The number of amides is 2. The van der Waals surface area contributed by atoms with E-state index in [4.69, 9.17) is 27.9 Å². The van der Waals surface area contributed by atoms with Gasteiger partial charge in [-0.25, -0.2) is 9.89 Å². The van der Waals surface area contributed by atoms with Crippen LogP contribution in [0.25, 0.3) is 0 Å². The van der Waals surface area contributed by atoms with Crippen LogP contribution in [-0.4, -0.2) is 30.0 Å². The minimum absolute atomic E-state index is 0.0442. The average molecular weight is 391 g/mol. The number of benzene rings is 2. The minimum atomic E-state index is -1.16. The normalized spacial score (nSPS) is 18.7. The van der Waals surface area contributed by atoms with Crippen molar-refractivity contribution in [3.63, 3.8) is 0 Å². The summed E-state index contributed by atoms with van der Waals surface area (Å²) in [6.45, 7) is 3.73. The van der Waals surface area contributed by atoms with Crippen molar-refractivity contribution in [1.82, 2.24) is 0 Å². The lowest BCUT2D eigenvalue weighted by atomic mass is 10.2. The van der Waals surface area contributed by atoms with Gasteiger partial charge in [0.2, 0.25) is 0 Å². The Hall–Kier alpha value is -2.37. The second-order valence-electron chi connectivity index (χ2n) is 5.95. The van der Waals surface area contributed by atoms with Gasteiger partial charge in [0.25, 0.3) is 11.8 Å². The second kappa shape index (κ2) is 7.09. The molecule has 7 heteroatoms. The predicted octanol–water partition coefficient (Wildman–Crippen LogP) is 4.22. The summed E-state index contributed by atoms with van der Waals surface area (Å²) in [6.07, 6.45) is 0. The Kier molecular flexibility index (Phi) is 5.03. The molecule has 3 rings (SSSR count). The van der Waals surface area contributed by atoms with Gasteiger partial charge in [-0.2, -0.15) is 0 Å². The first-order valence-electron chi connectivity index (χ1n) is 7.85. The molecule has 0 aliphatic carbocycles. The summed E-state index contributed by atoms with van der Waals surface area (Å²) >= 11 is 12.3. The van der Waals surface area contributed by atoms with E-state index in [1.165, 1.54) is 7.11 Å². The quantitative estimate of drug-likeness (QED) is 0.582. The van der Waals surface area contributed by atoms with Gasteiger partial charge in [-0.1, -0.05) is 29.3 Å². The molecule has 2 amide bonds. The molecule has 0 N–H and O–H groups in total. The molecule has 1 saturated heterocycles. The van der Waals surface area contributed by atoms with E-state index in [-0.39, 0.29) is 5.71 Å². The van der Waals surface area contributed by atoms with Crippen molar-refractivity contribution in [1.29, 1.82) is 0 Å². The van der Waals surface area contributed by atoms with Gasteiger partial charge < -0.3 is 4.74 Å². The third-order valence-corrected chi connectivity index (χ3v) is 4.89. The molecule has 26 heavy (non-hydrogen) atoms. The van der Waals surface area contributed by atoms with E-state index in [2.05, 4.69) is 4.99 Å². The Bertz CT molecular complexity index is 923. The van der Waals surface area contributed by atoms with Gasteiger partial charge in [0.15, 0.2) is 5.38 Å². The first kappa shape index (κ1) is 18.4. The number of rotatable bonds is 3. The summed E-state index contributed by atoms with van der Waals surface area (Å²) in [5.41, 5.74) is 2.59. The fourth-order valence-electron chi connectivity index (χ4n) is 2.62. The molecule has 0 bridgehead atoms. The van der Waals surface area contributed by atoms with Crippen LogP contribution in [0, 0.1) is 13.8 Å². The molecular formula is C19H16Cl2N2O3. The zero-order valence-corrected chi connectivity index (χ0v) is 15.9. The molecule has 2 aromatic carbocycles. The van der Waals surface area contributed by atoms with Gasteiger partial charge in [-0.05, 0) is 37.6 Å². The summed E-state index contributed by atoms with van der Waals surface area (Å²) < 4.78 is 5.27. The summed E-state index contributed by atoms with van der Waals surface area (Å²) in [5.74, 6) is -0.677. The number of carbonyl (C=O) groups is 2. The number of hydrogen-bond acceptors (Lipinski definition) is 4. The molecule has 0 spiro atoms. The molecule has 1 aliphatic rings. The summed E-state index contributed by atoms with van der Waals surface area (Å²) in [4.78, 5) is 30.7. The van der Waals surface area contributed by atoms with Gasteiger partial charge in [-0.15, -0.1) is 11.6 Å². The van der Waals surface area contributed by atoms with Crippen LogP contribution in [0.15, 0.2) is 41.4 Å². The van der Waals surface area contributed by atoms with Crippen LogP contribution in [-0.2, 0) is 9.59 Å². The maximum absolute atomic E-state index is 12.8. The summed E-state index contributed by atoms with van der Waals surface area (Å²) in [7, 11) is 1.48. The number of hydrogen-bond donors (Lipinski definition) is 0. The third-order valence-electron chi connectivity index (χ3n) is 4.09. The molecule has 5 nitrogen and oxygen atoms in total. The SMILES string of the molecule is COc1cc(Cl)c(C)cc1N=C1C(=O)N(c2ccc(C)cc2)C(=O)C1Cl. The van der Waals surface area contributed by atoms with E-state index in [0.29, 0.717) is 22.1 Å². The van der Waals surface area contributed by atoms with E-state index in [1.54, 1.807) is 24.3 Å². The lowest BCUT2D eigenvalue weighted by Gasteiger charge is -2.13. The number of halogens is 2. The number of anilines is 1. The van der Waals surface area contributed by atoms with Crippen LogP contribution in [0.5, 0.6) is 5.75 Å². The Morgan fingerprint density at radius 1 is 1.12 bits per heavy atom. The van der Waals surface area contributed by atoms with Gasteiger partial charge in [0.05, 0.1) is 12.8 Å². The predicted molar refractivity (Wildman–Crippen MR) is 103 cm³/mol. The monoisotopic (exact) mass is 390 g/mol. The smallest absolute Gasteiger partial charge is 0.281 e. The van der Waals surface area contributed by atoms with Gasteiger partial charge in [0.1, 0.15) is 17.1 Å². The van der Waals surface area contributed by atoms with Crippen molar-refractivity contribution < 1.29 is 14.3 Å². The molecule has 1 heterocycles. The lowest BCUT2D eigenvalue weighted by molar-refractivity contribution is -0.120. The molecule has 2 aromatic rings. The Morgan fingerprint density at radius 3 is 2.38 bits per heavy atom. The molecule has 0 saturated carbocycles. The summed E-state index contributed by atoms with van der Waals surface area (Å²) in [6, 6.07) is 10.3. The molecule has 1 unspecified atom stereocenters. The van der Waals surface area contributed by atoms with Crippen molar-refractivity contribution >= 4 is 52.1 Å². The highest BCUT2D eigenvalue weighted by atomic mass is 35.5. The van der Waals surface area contributed by atoms with E-state index >= 15 is 0 Å². The molecule has 1 aliphatic heterocycles. The molecule has 134 valence electrons. The Labute approximate surface area is 161 Å². The maximum atomic E-state index is 12.8. The standard InChI is InChI=1S/C19H16Cl2N2O3/c1-10-4-6-12(7-5-10)23-18(24)16(21)17(19(23)25)22-14-8-11(2)13(20)9-15(14)26-3/h4-9,16H,1-3H3. The van der Waals surface area contributed by atoms with E-state index in [0.717, 1.165) is 16.0 Å². The zero-order chi connectivity index (χ0) is 19.0. The molecule has 0 aromatic heterocycles. The fraction of sp³-hybridized carbons (Fsp3) is 0.211. The van der Waals surface area contributed by atoms with Crippen LogP contribution < -0.4 is 9.64 Å².